The summed E-state index contributed by atoms with van der Waals surface area (Å²) in [6.45, 7) is -0.173. The molecule has 3 aliphatic carbocycles. The summed E-state index contributed by atoms with van der Waals surface area (Å²) in [7, 11) is 0. The van der Waals surface area contributed by atoms with Gasteiger partial charge in [0.2, 0.25) is 11.9 Å². The quantitative estimate of drug-likeness (QED) is 0.154. The summed E-state index contributed by atoms with van der Waals surface area (Å²) in [5.41, 5.74) is 7.89. The number of H-pyrrole nitrogens is 1. The number of aliphatic hydroxyl groups is 1. The molecule has 0 radical (unpaired) electrons. The van der Waals surface area contributed by atoms with Gasteiger partial charge in [-0.2, -0.15) is 15.0 Å². The summed E-state index contributed by atoms with van der Waals surface area (Å²) in [6, 6.07) is 26.2. The van der Waals surface area contributed by atoms with E-state index in [1.165, 1.54) is 22.1 Å². The number of anilines is 2. The molecule has 4 N–H and O–H groups in total. The number of hydrogen-bond donors (Lipinski definition) is 4. The Kier molecular flexibility index (Phi) is 6.14. The largest absolute Gasteiger partial charge is 0.424 e. The predicted octanol–water partition coefficient (Wildman–Crippen LogP) is 6.56. The second-order valence-corrected chi connectivity index (χ2v) is 11.6. The highest BCUT2D eigenvalue weighted by Gasteiger charge is 2.28. The van der Waals surface area contributed by atoms with E-state index in [2.05, 4.69) is 97.3 Å². The molecular weight excluding hydrogens is 524 g/mol. The van der Waals surface area contributed by atoms with Crippen LogP contribution in [0.2, 0.25) is 0 Å². The third-order valence-electron chi connectivity index (χ3n) is 8.25. The fraction of sp³-hybridized carbons (Fsp3) is 0.265. The van der Waals surface area contributed by atoms with Crippen LogP contribution in [0.25, 0.3) is 17.0 Å². The van der Waals surface area contributed by atoms with Crippen molar-refractivity contribution in [1.29, 1.82) is 0 Å². The van der Waals surface area contributed by atoms with Crippen molar-refractivity contribution in [2.75, 3.05) is 10.6 Å². The zero-order chi connectivity index (χ0) is 28.0. The average molecular weight is 557 g/mol. The van der Waals surface area contributed by atoms with Crippen molar-refractivity contribution in [3.05, 3.63) is 106 Å². The Morgan fingerprint density at radius 2 is 1.60 bits per heavy atom. The normalized spacial score (nSPS) is 16.6. The fourth-order valence-electron chi connectivity index (χ4n) is 5.79. The van der Waals surface area contributed by atoms with Crippen LogP contribution < -0.4 is 15.4 Å². The van der Waals surface area contributed by atoms with E-state index in [9.17, 15) is 5.11 Å². The lowest BCUT2D eigenvalue weighted by atomic mass is 9.86. The van der Waals surface area contributed by atoms with Crippen LogP contribution in [0.1, 0.15) is 59.5 Å². The molecule has 3 aliphatic rings. The number of nitrogens with zero attached hydrogens (tertiary/aromatic N) is 3. The Balaban J connectivity index is 1.15. The molecule has 2 aromatic heterocycles. The van der Waals surface area contributed by atoms with E-state index < -0.39 is 0 Å². The second kappa shape index (κ2) is 10.3. The fourth-order valence-corrected chi connectivity index (χ4v) is 5.79. The van der Waals surface area contributed by atoms with Gasteiger partial charge in [-0.1, -0.05) is 60.2 Å². The maximum absolute atomic E-state index is 10.5. The smallest absolute Gasteiger partial charge is 0.328 e. The number of allylic oxidation sites excluding steroid dienone is 1. The molecule has 1 atom stereocenters. The number of nitrogens with one attached hydrogen (secondary N) is 3. The first-order valence-electron chi connectivity index (χ1n) is 14.8. The molecule has 42 heavy (non-hydrogen) atoms. The van der Waals surface area contributed by atoms with E-state index in [0.717, 1.165) is 48.9 Å². The lowest BCUT2D eigenvalue weighted by Gasteiger charge is -2.20. The van der Waals surface area contributed by atoms with Gasteiger partial charge in [-0.25, -0.2) is 0 Å². The van der Waals surface area contributed by atoms with Gasteiger partial charge < -0.3 is 25.5 Å². The van der Waals surface area contributed by atoms with Crippen LogP contribution in [0.5, 0.6) is 11.8 Å². The van der Waals surface area contributed by atoms with E-state index in [4.69, 9.17) is 4.74 Å². The van der Waals surface area contributed by atoms with Crippen LogP contribution >= 0.6 is 0 Å². The summed E-state index contributed by atoms with van der Waals surface area (Å²) < 4.78 is 6.23. The number of aromatic amines is 1. The number of fused-ring (bicyclic) bond motifs is 2. The van der Waals surface area contributed by atoms with Gasteiger partial charge in [0.05, 0.1) is 6.61 Å². The highest BCUT2D eigenvalue weighted by atomic mass is 16.5. The van der Waals surface area contributed by atoms with Crippen molar-refractivity contribution < 1.29 is 9.84 Å². The summed E-state index contributed by atoms with van der Waals surface area (Å²) in [5.74, 6) is 1.55. The van der Waals surface area contributed by atoms with Crippen molar-refractivity contribution in [3.8, 4) is 11.8 Å². The number of para-hydroxylation sites is 1. The number of ether oxygens (including phenoxy) is 1. The van der Waals surface area contributed by atoms with E-state index in [1.807, 2.05) is 12.1 Å². The van der Waals surface area contributed by atoms with Crippen LogP contribution in [0.15, 0.2) is 78.4 Å². The average Bonchev–Trinajstić information content (AvgIpc) is 3.91. The third-order valence-corrected chi connectivity index (χ3v) is 8.25. The van der Waals surface area contributed by atoms with E-state index in [-0.39, 0.29) is 18.5 Å². The van der Waals surface area contributed by atoms with Crippen LogP contribution in [-0.4, -0.2) is 37.1 Å². The summed E-state index contributed by atoms with van der Waals surface area (Å²) in [4.78, 5) is 17.3. The van der Waals surface area contributed by atoms with Gasteiger partial charge in [-0.3, -0.25) is 0 Å². The lowest BCUT2D eigenvalue weighted by molar-refractivity contribution is 0.275. The minimum absolute atomic E-state index is 0.00925. The highest BCUT2D eigenvalue weighted by Crippen LogP contribution is 2.41. The van der Waals surface area contributed by atoms with E-state index in [1.54, 1.807) is 0 Å². The number of aliphatic hydroxyl groups excluding tert-OH is 1. The Bertz CT molecular complexity index is 1760. The molecule has 8 rings (SSSR count). The minimum atomic E-state index is -0.173. The number of aromatic nitrogens is 4. The predicted molar refractivity (Wildman–Crippen MR) is 164 cm³/mol. The van der Waals surface area contributed by atoms with Crippen molar-refractivity contribution >= 4 is 28.9 Å². The third kappa shape index (κ3) is 5.10. The molecule has 3 aromatic carbocycles. The first kappa shape index (κ1) is 25.1. The Morgan fingerprint density at radius 3 is 2.31 bits per heavy atom. The summed E-state index contributed by atoms with van der Waals surface area (Å²) in [5, 5.41) is 18.4. The van der Waals surface area contributed by atoms with Crippen molar-refractivity contribution in [2.45, 2.75) is 56.7 Å². The Morgan fingerprint density at radius 1 is 0.857 bits per heavy atom. The monoisotopic (exact) mass is 556 g/mol. The minimum Gasteiger partial charge on any atom is -0.424 e. The lowest BCUT2D eigenvalue weighted by Crippen LogP contribution is -2.12. The van der Waals surface area contributed by atoms with Gasteiger partial charge in [0.1, 0.15) is 5.75 Å². The standard InChI is InChI=1S/C34H32N6O2/c41-19-25-17-23(9-14-30(25)42-34-39-32(35-26-10-11-26)38-33(40-34)36-27-12-13-27)31(24-15-20-5-1-2-6-21(20)16-24)29-18-22-7-3-4-8-28(22)37-29/h1-9,14-15,17-18,26-27,31,37,41H,10-13,16,19H2,(H2,35,36,38,39,40). The molecule has 1 unspecified atom stereocenters. The first-order chi connectivity index (χ1) is 20.7. The molecule has 8 nitrogen and oxygen atoms in total. The molecule has 8 heteroatoms. The molecule has 0 aliphatic heterocycles. The van der Waals surface area contributed by atoms with Crippen molar-refractivity contribution in [2.24, 2.45) is 0 Å². The Labute approximate surface area is 243 Å². The molecule has 2 saturated carbocycles. The number of benzene rings is 3. The summed E-state index contributed by atoms with van der Waals surface area (Å²) >= 11 is 0. The zero-order valence-corrected chi connectivity index (χ0v) is 23.2. The molecule has 0 saturated heterocycles. The van der Waals surface area contributed by atoms with Crippen LogP contribution in [0, 0.1) is 0 Å². The molecular formula is C34H32N6O2. The maximum Gasteiger partial charge on any atom is 0.328 e. The first-order valence-corrected chi connectivity index (χ1v) is 14.8. The molecule has 2 heterocycles. The molecule has 210 valence electrons. The van der Waals surface area contributed by atoms with Crippen LogP contribution in [0.4, 0.5) is 11.9 Å². The molecule has 0 amide bonds. The molecule has 0 bridgehead atoms. The van der Waals surface area contributed by atoms with Crippen LogP contribution in [-0.2, 0) is 13.0 Å². The number of rotatable bonds is 10. The topological polar surface area (TPSA) is 108 Å². The van der Waals surface area contributed by atoms with Gasteiger partial charge in [0, 0.05) is 34.8 Å². The van der Waals surface area contributed by atoms with Gasteiger partial charge in [0.15, 0.2) is 0 Å². The maximum atomic E-state index is 10.5. The number of hydrogen-bond acceptors (Lipinski definition) is 7. The molecule has 2 fully saturated rings. The van der Waals surface area contributed by atoms with Crippen molar-refractivity contribution in [3.63, 3.8) is 0 Å². The highest BCUT2D eigenvalue weighted by molar-refractivity contribution is 5.81. The van der Waals surface area contributed by atoms with Crippen molar-refractivity contribution in [1.82, 2.24) is 19.9 Å². The van der Waals surface area contributed by atoms with Crippen LogP contribution in [0.3, 0.4) is 0 Å². The van der Waals surface area contributed by atoms with E-state index >= 15 is 0 Å². The Hall–Kier alpha value is -4.69. The van der Waals surface area contributed by atoms with Gasteiger partial charge in [-0.15, -0.1) is 0 Å². The van der Waals surface area contributed by atoms with Gasteiger partial charge >= 0.3 is 6.01 Å². The van der Waals surface area contributed by atoms with Gasteiger partial charge in [-0.05, 0) is 78.4 Å². The second-order valence-electron chi connectivity index (χ2n) is 11.6. The SMILES string of the molecule is OCc1cc(C(C2=Cc3ccccc3C2)c2cc3ccccc3[nH]2)ccc1Oc1nc(NC2CC2)nc(NC2CC2)n1. The zero-order valence-electron chi connectivity index (χ0n) is 23.2. The molecule has 0 spiro atoms. The van der Waals surface area contributed by atoms with E-state index in [0.29, 0.717) is 35.3 Å². The molecule has 5 aromatic rings. The summed E-state index contributed by atoms with van der Waals surface area (Å²) in [6.07, 6.45) is 7.64. The van der Waals surface area contributed by atoms with Gasteiger partial charge in [0.25, 0.3) is 0 Å².